The maximum atomic E-state index is 13.1. The summed E-state index contributed by atoms with van der Waals surface area (Å²) in [7, 11) is 1.52. The van der Waals surface area contributed by atoms with Crippen molar-refractivity contribution in [3.05, 3.63) is 98.4 Å². The number of anilines is 1. The standard InChI is InChI=1S/C25H20BrN3O4/c1-15-7-12-18-24(32)19(23(31)16-8-10-17(26)11-9-16)13-29(25(18)27-15)14-22(30)28-20-5-3-4-6-21(20)33-2/h3-13H,14H2,1-2H3,(H,28,30). The molecule has 4 aromatic rings. The lowest BCUT2D eigenvalue weighted by molar-refractivity contribution is -0.116. The molecule has 0 unspecified atom stereocenters. The zero-order valence-electron chi connectivity index (χ0n) is 18.0. The van der Waals surface area contributed by atoms with Gasteiger partial charge in [-0.15, -0.1) is 0 Å². The molecule has 0 saturated carbocycles. The Bertz CT molecular complexity index is 1430. The highest BCUT2D eigenvalue weighted by atomic mass is 79.9. The van der Waals surface area contributed by atoms with E-state index < -0.39 is 11.2 Å². The van der Waals surface area contributed by atoms with E-state index in [1.807, 2.05) is 0 Å². The van der Waals surface area contributed by atoms with Gasteiger partial charge in [0.05, 0.1) is 23.7 Å². The molecule has 2 heterocycles. The van der Waals surface area contributed by atoms with Crippen molar-refractivity contribution in [1.82, 2.24) is 9.55 Å². The van der Waals surface area contributed by atoms with Gasteiger partial charge in [0, 0.05) is 21.9 Å². The van der Waals surface area contributed by atoms with Crippen molar-refractivity contribution in [2.24, 2.45) is 0 Å². The predicted molar refractivity (Wildman–Crippen MR) is 130 cm³/mol. The number of fused-ring (bicyclic) bond motifs is 1. The Morgan fingerprint density at radius 2 is 1.79 bits per heavy atom. The Kier molecular flexibility index (Phi) is 6.37. The van der Waals surface area contributed by atoms with Crippen LogP contribution in [0.3, 0.4) is 0 Å². The number of ketones is 1. The first-order valence-electron chi connectivity index (χ1n) is 10.1. The van der Waals surface area contributed by atoms with E-state index in [4.69, 9.17) is 4.74 Å². The second kappa shape index (κ2) is 9.38. The van der Waals surface area contributed by atoms with Crippen molar-refractivity contribution < 1.29 is 14.3 Å². The van der Waals surface area contributed by atoms with Gasteiger partial charge in [0.15, 0.2) is 5.78 Å². The number of rotatable bonds is 6. The monoisotopic (exact) mass is 505 g/mol. The fraction of sp³-hybridized carbons (Fsp3) is 0.120. The molecule has 4 rings (SSSR count). The molecule has 7 nitrogen and oxygen atoms in total. The van der Waals surface area contributed by atoms with E-state index in [1.54, 1.807) is 67.6 Å². The van der Waals surface area contributed by atoms with Crippen molar-refractivity contribution in [2.75, 3.05) is 12.4 Å². The number of pyridine rings is 2. The van der Waals surface area contributed by atoms with Gasteiger partial charge in [-0.1, -0.05) is 28.1 Å². The Morgan fingerprint density at radius 3 is 2.52 bits per heavy atom. The largest absolute Gasteiger partial charge is 0.495 e. The molecular formula is C25H20BrN3O4. The Hall–Kier alpha value is -3.78. The number of nitrogens with one attached hydrogen (secondary N) is 1. The van der Waals surface area contributed by atoms with E-state index in [9.17, 15) is 14.4 Å². The molecule has 0 bridgehead atoms. The first-order valence-corrected chi connectivity index (χ1v) is 10.9. The molecule has 1 amide bonds. The summed E-state index contributed by atoms with van der Waals surface area (Å²) in [5.74, 6) is -0.251. The van der Waals surface area contributed by atoms with Gasteiger partial charge in [-0.05, 0) is 55.5 Å². The minimum atomic E-state index is -0.424. The summed E-state index contributed by atoms with van der Waals surface area (Å²) in [5.41, 5.74) is 1.47. The van der Waals surface area contributed by atoms with Crippen molar-refractivity contribution in [3.8, 4) is 5.75 Å². The number of methoxy groups -OCH3 is 1. The van der Waals surface area contributed by atoms with Crippen LogP contribution in [0.15, 0.2) is 76.1 Å². The fourth-order valence-electron chi connectivity index (χ4n) is 3.49. The van der Waals surface area contributed by atoms with Crippen LogP contribution in [0.25, 0.3) is 11.0 Å². The number of amides is 1. The van der Waals surface area contributed by atoms with E-state index in [2.05, 4.69) is 26.2 Å². The Labute approximate surface area is 198 Å². The van der Waals surface area contributed by atoms with Crippen LogP contribution in [0.2, 0.25) is 0 Å². The first kappa shape index (κ1) is 22.4. The molecule has 0 radical (unpaired) electrons. The smallest absolute Gasteiger partial charge is 0.244 e. The summed E-state index contributed by atoms with van der Waals surface area (Å²) in [4.78, 5) is 43.6. The molecule has 166 valence electrons. The van der Waals surface area contributed by atoms with Gasteiger partial charge in [-0.3, -0.25) is 14.4 Å². The van der Waals surface area contributed by atoms with Crippen molar-refractivity contribution in [2.45, 2.75) is 13.5 Å². The third-order valence-corrected chi connectivity index (χ3v) is 5.64. The summed E-state index contributed by atoms with van der Waals surface area (Å²) in [6, 6.07) is 17.1. The Balaban J connectivity index is 1.76. The van der Waals surface area contributed by atoms with E-state index in [0.29, 0.717) is 28.3 Å². The number of carbonyl (C=O) groups excluding carboxylic acids is 2. The van der Waals surface area contributed by atoms with Gasteiger partial charge in [-0.2, -0.15) is 0 Å². The lowest BCUT2D eigenvalue weighted by atomic mass is 10.0. The summed E-state index contributed by atoms with van der Waals surface area (Å²) < 4.78 is 7.63. The second-order valence-corrected chi connectivity index (χ2v) is 8.32. The lowest BCUT2D eigenvalue weighted by Gasteiger charge is -2.14. The zero-order chi connectivity index (χ0) is 23.5. The van der Waals surface area contributed by atoms with Crippen molar-refractivity contribution >= 4 is 44.3 Å². The summed E-state index contributed by atoms with van der Waals surface area (Å²) >= 11 is 3.34. The molecule has 0 saturated heterocycles. The highest BCUT2D eigenvalue weighted by Gasteiger charge is 2.19. The molecule has 0 spiro atoms. The normalized spacial score (nSPS) is 10.8. The van der Waals surface area contributed by atoms with Crippen LogP contribution < -0.4 is 15.5 Å². The quantitative estimate of drug-likeness (QED) is 0.393. The van der Waals surface area contributed by atoms with Gasteiger partial charge in [0.1, 0.15) is 17.9 Å². The molecule has 1 N–H and O–H groups in total. The molecule has 0 atom stereocenters. The average molecular weight is 506 g/mol. The van der Waals surface area contributed by atoms with Gasteiger partial charge < -0.3 is 14.6 Å². The molecule has 2 aromatic heterocycles. The number of halogens is 1. The highest BCUT2D eigenvalue weighted by Crippen LogP contribution is 2.23. The molecular weight excluding hydrogens is 486 g/mol. The molecule has 0 aliphatic rings. The average Bonchev–Trinajstić information content (AvgIpc) is 2.81. The second-order valence-electron chi connectivity index (χ2n) is 7.41. The number of benzene rings is 2. The third-order valence-electron chi connectivity index (χ3n) is 5.11. The summed E-state index contributed by atoms with van der Waals surface area (Å²) in [6.07, 6.45) is 1.41. The minimum absolute atomic E-state index is 0.0273. The van der Waals surface area contributed by atoms with Gasteiger partial charge in [0.25, 0.3) is 0 Å². The number of aryl methyl sites for hydroxylation is 1. The van der Waals surface area contributed by atoms with Gasteiger partial charge >= 0.3 is 0 Å². The SMILES string of the molecule is COc1ccccc1NC(=O)Cn1cc(C(=O)c2ccc(Br)cc2)c(=O)c2ccc(C)nc21. The highest BCUT2D eigenvalue weighted by molar-refractivity contribution is 9.10. The topological polar surface area (TPSA) is 90.3 Å². The molecule has 2 aromatic carbocycles. The zero-order valence-corrected chi connectivity index (χ0v) is 19.5. The van der Waals surface area contributed by atoms with Crippen LogP contribution in [-0.2, 0) is 11.3 Å². The fourth-order valence-corrected chi connectivity index (χ4v) is 3.76. The number of hydrogen-bond acceptors (Lipinski definition) is 5. The van der Waals surface area contributed by atoms with Crippen LogP contribution in [0.5, 0.6) is 5.75 Å². The van der Waals surface area contributed by atoms with Crippen molar-refractivity contribution in [3.63, 3.8) is 0 Å². The van der Waals surface area contributed by atoms with Gasteiger partial charge in [0.2, 0.25) is 11.3 Å². The first-order chi connectivity index (χ1) is 15.9. The number of carbonyl (C=O) groups is 2. The van der Waals surface area contributed by atoms with E-state index in [0.717, 1.165) is 4.47 Å². The van der Waals surface area contributed by atoms with E-state index >= 15 is 0 Å². The number of para-hydroxylation sites is 2. The van der Waals surface area contributed by atoms with Crippen LogP contribution in [-0.4, -0.2) is 28.4 Å². The number of aromatic nitrogens is 2. The van der Waals surface area contributed by atoms with Gasteiger partial charge in [-0.25, -0.2) is 4.98 Å². The van der Waals surface area contributed by atoms with Crippen LogP contribution >= 0.6 is 15.9 Å². The van der Waals surface area contributed by atoms with E-state index in [1.165, 1.54) is 17.9 Å². The molecule has 8 heteroatoms. The summed E-state index contributed by atoms with van der Waals surface area (Å²) in [6.45, 7) is 1.65. The summed E-state index contributed by atoms with van der Waals surface area (Å²) in [5, 5.41) is 3.08. The van der Waals surface area contributed by atoms with Crippen LogP contribution in [0.4, 0.5) is 5.69 Å². The Morgan fingerprint density at radius 1 is 1.06 bits per heavy atom. The molecule has 33 heavy (non-hydrogen) atoms. The third kappa shape index (κ3) is 4.70. The minimum Gasteiger partial charge on any atom is -0.495 e. The predicted octanol–water partition coefficient (Wildman–Crippen LogP) is 4.35. The number of hydrogen-bond donors (Lipinski definition) is 1. The van der Waals surface area contributed by atoms with Crippen molar-refractivity contribution in [1.29, 1.82) is 0 Å². The maximum absolute atomic E-state index is 13.1. The van der Waals surface area contributed by atoms with Crippen LogP contribution in [0, 0.1) is 6.92 Å². The maximum Gasteiger partial charge on any atom is 0.244 e. The van der Waals surface area contributed by atoms with E-state index in [-0.39, 0.29) is 23.4 Å². The molecule has 0 fully saturated rings. The molecule has 0 aliphatic carbocycles. The number of nitrogens with zero attached hydrogens (tertiary/aromatic N) is 2. The molecule has 0 aliphatic heterocycles. The number of ether oxygens (including phenoxy) is 1. The lowest BCUT2D eigenvalue weighted by Crippen LogP contribution is -2.25. The van der Waals surface area contributed by atoms with Crippen LogP contribution in [0.1, 0.15) is 21.6 Å².